The lowest BCUT2D eigenvalue weighted by Crippen LogP contribution is -2.18. The monoisotopic (exact) mass is 395 g/mol. The highest BCUT2D eigenvalue weighted by Gasteiger charge is 2.14. The van der Waals surface area contributed by atoms with E-state index in [2.05, 4.69) is 17.6 Å². The van der Waals surface area contributed by atoms with Crippen molar-refractivity contribution in [3.63, 3.8) is 0 Å². The molecule has 0 radical (unpaired) electrons. The summed E-state index contributed by atoms with van der Waals surface area (Å²) in [4.78, 5) is 24.2. The number of rotatable bonds is 12. The molecule has 0 saturated heterocycles. The highest BCUT2D eigenvalue weighted by Crippen LogP contribution is 2.22. The molecule has 0 heterocycles. The van der Waals surface area contributed by atoms with E-state index in [1.165, 1.54) is 32.1 Å². The van der Waals surface area contributed by atoms with Crippen molar-refractivity contribution in [1.29, 1.82) is 0 Å². The normalized spacial score (nSPS) is 10.6. The smallest absolute Gasteiger partial charge is 0.255 e. The number of nitrogens with one attached hydrogen (secondary N) is 2. The molecule has 2 amide bonds. The van der Waals surface area contributed by atoms with E-state index in [9.17, 15) is 9.59 Å². The topological polar surface area (TPSA) is 84.2 Å². The molecule has 4 N–H and O–H groups in total. The maximum absolute atomic E-state index is 12.6. The Bertz CT molecular complexity index is 800. The summed E-state index contributed by atoms with van der Waals surface area (Å²) in [6.07, 6.45) is 8.22. The molecule has 29 heavy (non-hydrogen) atoms. The molecule has 0 fully saturated rings. The van der Waals surface area contributed by atoms with Crippen LogP contribution in [-0.2, 0) is 6.42 Å². The first-order chi connectivity index (χ1) is 14.1. The summed E-state index contributed by atoms with van der Waals surface area (Å²) in [7, 11) is 0. The molecule has 2 rings (SSSR count). The van der Waals surface area contributed by atoms with Crippen LogP contribution in [0.3, 0.4) is 0 Å². The van der Waals surface area contributed by atoms with E-state index in [0.29, 0.717) is 23.2 Å². The van der Waals surface area contributed by atoms with Crippen LogP contribution in [0.25, 0.3) is 0 Å². The first-order valence-corrected chi connectivity index (χ1v) is 10.6. The van der Waals surface area contributed by atoms with Crippen LogP contribution in [-0.4, -0.2) is 18.4 Å². The molecular weight excluding hydrogens is 362 g/mol. The molecule has 156 valence electrons. The van der Waals surface area contributed by atoms with Gasteiger partial charge in [0.2, 0.25) is 5.91 Å². The third kappa shape index (κ3) is 6.93. The zero-order chi connectivity index (χ0) is 21.1. The van der Waals surface area contributed by atoms with Gasteiger partial charge in [0.05, 0.1) is 0 Å². The SMILES string of the molecule is CCCCCCCCNc1ccc(C(=O)Nc2cccc(C(N)=O)c2CC)cc1. The van der Waals surface area contributed by atoms with Crippen LogP contribution < -0.4 is 16.4 Å². The van der Waals surface area contributed by atoms with Crippen molar-refractivity contribution < 1.29 is 9.59 Å². The summed E-state index contributed by atoms with van der Waals surface area (Å²) in [5.74, 6) is -0.692. The Morgan fingerprint density at radius 3 is 2.24 bits per heavy atom. The summed E-state index contributed by atoms with van der Waals surface area (Å²) < 4.78 is 0. The van der Waals surface area contributed by atoms with Crippen molar-refractivity contribution >= 4 is 23.2 Å². The molecule has 0 aromatic heterocycles. The van der Waals surface area contributed by atoms with Crippen LogP contribution in [0.5, 0.6) is 0 Å². The molecule has 2 aromatic carbocycles. The molecule has 0 aliphatic rings. The Labute approximate surface area is 174 Å². The molecule has 0 aliphatic heterocycles. The zero-order valence-corrected chi connectivity index (χ0v) is 17.6. The standard InChI is InChI=1S/C24H33N3O2/c1-3-5-6-7-8-9-17-26-19-15-13-18(14-16-19)24(29)27-22-12-10-11-21(23(25)28)20(22)4-2/h10-16,26H,3-9,17H2,1-2H3,(H2,25,28)(H,27,29). The maximum Gasteiger partial charge on any atom is 0.255 e. The van der Waals surface area contributed by atoms with E-state index < -0.39 is 5.91 Å². The van der Waals surface area contributed by atoms with Gasteiger partial charge in [0.25, 0.3) is 5.91 Å². The van der Waals surface area contributed by atoms with Crippen LogP contribution >= 0.6 is 0 Å². The lowest BCUT2D eigenvalue weighted by Gasteiger charge is -2.13. The lowest BCUT2D eigenvalue weighted by atomic mass is 10.0. The summed E-state index contributed by atoms with van der Waals surface area (Å²) >= 11 is 0. The number of benzene rings is 2. The minimum Gasteiger partial charge on any atom is -0.385 e. The van der Waals surface area contributed by atoms with Crippen LogP contribution in [0, 0.1) is 0 Å². The zero-order valence-electron chi connectivity index (χ0n) is 17.6. The minimum atomic E-state index is -0.487. The molecule has 0 saturated carbocycles. The number of carbonyl (C=O) groups is 2. The molecule has 0 aliphatic carbocycles. The lowest BCUT2D eigenvalue weighted by molar-refractivity contribution is 0.0995. The predicted octanol–water partition coefficient (Wildman–Crippen LogP) is 5.37. The summed E-state index contributed by atoms with van der Waals surface area (Å²) in [5, 5.41) is 6.31. The van der Waals surface area contributed by atoms with Crippen LogP contribution in [0.2, 0.25) is 0 Å². The van der Waals surface area contributed by atoms with E-state index in [1.807, 2.05) is 31.2 Å². The first kappa shape index (κ1) is 22.5. The van der Waals surface area contributed by atoms with Crippen molar-refractivity contribution in [2.75, 3.05) is 17.2 Å². The van der Waals surface area contributed by atoms with Gasteiger partial charge in [-0.05, 0) is 54.8 Å². The average molecular weight is 396 g/mol. The van der Waals surface area contributed by atoms with E-state index in [1.54, 1.807) is 18.2 Å². The van der Waals surface area contributed by atoms with Gasteiger partial charge in [0.1, 0.15) is 0 Å². The van der Waals surface area contributed by atoms with Crippen molar-refractivity contribution in [2.45, 2.75) is 58.8 Å². The van der Waals surface area contributed by atoms with Gasteiger partial charge in [-0.1, -0.05) is 52.0 Å². The number of amides is 2. The largest absolute Gasteiger partial charge is 0.385 e. The van der Waals surface area contributed by atoms with Crippen molar-refractivity contribution in [3.8, 4) is 0 Å². The van der Waals surface area contributed by atoms with Crippen molar-refractivity contribution in [1.82, 2.24) is 0 Å². The molecule has 2 aromatic rings. The van der Waals surface area contributed by atoms with E-state index in [-0.39, 0.29) is 5.91 Å². The van der Waals surface area contributed by atoms with Gasteiger partial charge in [0, 0.05) is 29.0 Å². The molecule has 0 atom stereocenters. The average Bonchev–Trinajstić information content (AvgIpc) is 2.73. The van der Waals surface area contributed by atoms with Crippen molar-refractivity contribution in [3.05, 3.63) is 59.2 Å². The summed E-state index contributed by atoms with van der Waals surface area (Å²) in [6.45, 7) is 5.10. The minimum absolute atomic E-state index is 0.205. The Balaban J connectivity index is 1.89. The fourth-order valence-electron chi connectivity index (χ4n) is 3.39. The van der Waals surface area contributed by atoms with E-state index in [4.69, 9.17) is 5.73 Å². The molecule has 0 bridgehead atoms. The second-order valence-electron chi connectivity index (χ2n) is 7.28. The number of anilines is 2. The number of unbranched alkanes of at least 4 members (excludes halogenated alkanes) is 5. The predicted molar refractivity (Wildman–Crippen MR) is 121 cm³/mol. The van der Waals surface area contributed by atoms with E-state index >= 15 is 0 Å². The van der Waals surface area contributed by atoms with Gasteiger partial charge in [-0.2, -0.15) is 0 Å². The van der Waals surface area contributed by atoms with E-state index in [0.717, 1.165) is 24.2 Å². The van der Waals surface area contributed by atoms with Gasteiger partial charge in [0.15, 0.2) is 0 Å². The van der Waals surface area contributed by atoms with Crippen molar-refractivity contribution in [2.24, 2.45) is 5.73 Å². The Hall–Kier alpha value is -2.82. The van der Waals surface area contributed by atoms with Gasteiger partial charge < -0.3 is 16.4 Å². The fraction of sp³-hybridized carbons (Fsp3) is 0.417. The Morgan fingerprint density at radius 1 is 0.897 bits per heavy atom. The highest BCUT2D eigenvalue weighted by molar-refractivity contribution is 6.06. The third-order valence-corrected chi connectivity index (χ3v) is 5.05. The second-order valence-corrected chi connectivity index (χ2v) is 7.28. The van der Waals surface area contributed by atoms with Gasteiger partial charge in [-0.25, -0.2) is 0 Å². The van der Waals surface area contributed by atoms with Gasteiger partial charge in [-0.15, -0.1) is 0 Å². The molecule has 0 unspecified atom stereocenters. The van der Waals surface area contributed by atoms with Gasteiger partial charge >= 0.3 is 0 Å². The molecular formula is C24H33N3O2. The maximum atomic E-state index is 12.6. The summed E-state index contributed by atoms with van der Waals surface area (Å²) in [6, 6.07) is 12.7. The van der Waals surface area contributed by atoms with Gasteiger partial charge in [-0.3, -0.25) is 9.59 Å². The molecule has 5 nitrogen and oxygen atoms in total. The number of hydrogen-bond acceptors (Lipinski definition) is 3. The fourth-order valence-corrected chi connectivity index (χ4v) is 3.39. The Morgan fingerprint density at radius 2 is 1.59 bits per heavy atom. The van der Waals surface area contributed by atoms with Crippen LogP contribution in [0.15, 0.2) is 42.5 Å². The molecule has 0 spiro atoms. The van der Waals surface area contributed by atoms with Crippen LogP contribution in [0.1, 0.15) is 78.7 Å². The first-order valence-electron chi connectivity index (χ1n) is 10.6. The number of hydrogen-bond donors (Lipinski definition) is 3. The van der Waals surface area contributed by atoms with Crippen LogP contribution in [0.4, 0.5) is 11.4 Å². The Kier molecular flexibility index (Phi) is 9.22. The summed E-state index contributed by atoms with van der Waals surface area (Å²) in [5.41, 5.74) is 8.85. The second kappa shape index (κ2) is 11.9. The number of carbonyl (C=O) groups excluding carboxylic acids is 2. The third-order valence-electron chi connectivity index (χ3n) is 5.05. The number of nitrogens with two attached hydrogens (primary N) is 1. The molecule has 5 heteroatoms. The number of primary amides is 1. The highest BCUT2D eigenvalue weighted by atomic mass is 16.2. The quantitative estimate of drug-likeness (QED) is 0.422.